The Morgan fingerprint density at radius 2 is 0.517 bits per heavy atom. The zero-order valence-electron chi connectivity index (χ0n) is 15.7. The van der Waals surface area contributed by atoms with E-state index in [2.05, 4.69) is 0 Å². The summed E-state index contributed by atoms with van der Waals surface area (Å²) in [6.45, 7) is 0. The van der Waals surface area contributed by atoms with Crippen molar-refractivity contribution in [3.8, 4) is 28.7 Å². The minimum Gasteiger partial charge on any atom is -0.508 e. The van der Waals surface area contributed by atoms with Crippen molar-refractivity contribution >= 4 is 0 Å². The Labute approximate surface area is 170 Å². The zero-order chi connectivity index (χ0) is 21.3. The maximum Gasteiger partial charge on any atom is 0.119 e. The van der Waals surface area contributed by atoms with Gasteiger partial charge in [-0.3, -0.25) is 0 Å². The first-order chi connectivity index (χ1) is 14.0. The summed E-state index contributed by atoms with van der Waals surface area (Å²) in [6, 6.07) is 32.0. The molecule has 150 valence electrons. The van der Waals surface area contributed by atoms with Crippen LogP contribution >= 0.6 is 0 Å². The number of phenolic OH excluding ortho intramolecular Hbond substituents is 5. The fourth-order valence-corrected chi connectivity index (χ4v) is 1.78. The molecule has 0 spiro atoms. The second kappa shape index (κ2) is 14.0. The third-order valence-electron chi connectivity index (χ3n) is 3.10. The van der Waals surface area contributed by atoms with E-state index in [0.29, 0.717) is 17.2 Å². The standard InChI is InChI=1S/C6H6O2.3C6H6O/c7-5-2-1-3-6(8)4-5;3*7-6-4-2-1-3-5-6/h1-4,7-8H;3*1-5,7H. The topological polar surface area (TPSA) is 101 Å². The highest BCUT2D eigenvalue weighted by atomic mass is 16.3. The Kier molecular flexibility index (Phi) is 11.1. The highest BCUT2D eigenvalue weighted by Crippen LogP contribution is 2.14. The molecule has 0 unspecified atom stereocenters. The molecule has 0 fully saturated rings. The summed E-state index contributed by atoms with van der Waals surface area (Å²) in [7, 11) is 0. The van der Waals surface area contributed by atoms with Gasteiger partial charge in [0.2, 0.25) is 0 Å². The van der Waals surface area contributed by atoms with Crippen molar-refractivity contribution in [2.75, 3.05) is 0 Å². The number of aromatic hydroxyl groups is 5. The number of benzene rings is 4. The molecule has 0 amide bonds. The first kappa shape index (κ1) is 22.9. The Hall–Kier alpha value is -4.12. The van der Waals surface area contributed by atoms with Crippen molar-refractivity contribution in [2.24, 2.45) is 0 Å². The quantitative estimate of drug-likeness (QED) is 0.280. The molecule has 0 aromatic heterocycles. The van der Waals surface area contributed by atoms with Gasteiger partial charge < -0.3 is 25.5 Å². The molecule has 0 bridgehead atoms. The van der Waals surface area contributed by atoms with E-state index in [1.807, 2.05) is 18.2 Å². The van der Waals surface area contributed by atoms with Gasteiger partial charge in [-0.2, -0.15) is 0 Å². The van der Waals surface area contributed by atoms with Crippen LogP contribution in [0, 0.1) is 0 Å². The average molecular weight is 392 g/mol. The molecule has 0 aliphatic heterocycles. The summed E-state index contributed by atoms with van der Waals surface area (Å²) in [5.74, 6) is 1.14. The van der Waals surface area contributed by atoms with Gasteiger partial charge in [0.05, 0.1) is 0 Å². The van der Waals surface area contributed by atoms with Crippen molar-refractivity contribution in [3.05, 3.63) is 115 Å². The Morgan fingerprint density at radius 1 is 0.276 bits per heavy atom. The van der Waals surface area contributed by atoms with Gasteiger partial charge in [0.15, 0.2) is 0 Å². The average Bonchev–Trinajstić information content (AvgIpc) is 2.71. The van der Waals surface area contributed by atoms with Crippen molar-refractivity contribution in [3.63, 3.8) is 0 Å². The lowest BCUT2D eigenvalue weighted by atomic mass is 10.3. The molecule has 4 aromatic rings. The van der Waals surface area contributed by atoms with Crippen LogP contribution in [0.4, 0.5) is 0 Å². The molecular weight excluding hydrogens is 368 g/mol. The molecule has 0 saturated heterocycles. The van der Waals surface area contributed by atoms with Crippen LogP contribution in [0.3, 0.4) is 0 Å². The van der Waals surface area contributed by atoms with Crippen LogP contribution in [-0.4, -0.2) is 25.5 Å². The molecule has 5 N–H and O–H groups in total. The van der Waals surface area contributed by atoms with Crippen LogP contribution in [0.5, 0.6) is 28.7 Å². The van der Waals surface area contributed by atoms with Gasteiger partial charge in [-0.15, -0.1) is 0 Å². The van der Waals surface area contributed by atoms with Crippen LogP contribution < -0.4 is 0 Å². The zero-order valence-corrected chi connectivity index (χ0v) is 15.7. The van der Waals surface area contributed by atoms with Crippen LogP contribution in [0.1, 0.15) is 0 Å². The first-order valence-electron chi connectivity index (χ1n) is 8.67. The highest BCUT2D eigenvalue weighted by molar-refractivity contribution is 5.30. The molecule has 0 saturated carbocycles. The van der Waals surface area contributed by atoms with E-state index < -0.39 is 0 Å². The number of hydrogen-bond donors (Lipinski definition) is 5. The van der Waals surface area contributed by atoms with Crippen molar-refractivity contribution in [2.45, 2.75) is 0 Å². The second-order valence-corrected chi connectivity index (χ2v) is 5.53. The maximum absolute atomic E-state index is 8.65. The summed E-state index contributed by atoms with van der Waals surface area (Å²) in [4.78, 5) is 0. The van der Waals surface area contributed by atoms with E-state index in [4.69, 9.17) is 25.5 Å². The number of hydrogen-bond acceptors (Lipinski definition) is 5. The third kappa shape index (κ3) is 12.8. The van der Waals surface area contributed by atoms with Crippen LogP contribution in [0.15, 0.2) is 115 Å². The van der Waals surface area contributed by atoms with E-state index in [0.717, 1.165) is 0 Å². The van der Waals surface area contributed by atoms with Crippen molar-refractivity contribution in [1.29, 1.82) is 0 Å². The predicted molar refractivity (Wildman–Crippen MR) is 114 cm³/mol. The fraction of sp³-hybridized carbons (Fsp3) is 0. The molecule has 5 nitrogen and oxygen atoms in total. The SMILES string of the molecule is Oc1cccc(O)c1.Oc1ccccc1.Oc1ccccc1.Oc1ccccc1. The third-order valence-corrected chi connectivity index (χ3v) is 3.10. The normalized spacial score (nSPS) is 8.69. The summed E-state index contributed by atoms with van der Waals surface area (Å²) in [6.07, 6.45) is 0. The minimum atomic E-state index is 0.0880. The molecule has 0 radical (unpaired) electrons. The summed E-state index contributed by atoms with van der Waals surface area (Å²) < 4.78 is 0. The van der Waals surface area contributed by atoms with E-state index in [9.17, 15) is 0 Å². The van der Waals surface area contributed by atoms with Gasteiger partial charge in [0, 0.05) is 6.07 Å². The van der Waals surface area contributed by atoms with E-state index in [-0.39, 0.29) is 11.5 Å². The van der Waals surface area contributed by atoms with Gasteiger partial charge in [0.25, 0.3) is 0 Å². The molecule has 4 rings (SSSR count). The predicted octanol–water partition coefficient (Wildman–Crippen LogP) is 5.27. The van der Waals surface area contributed by atoms with E-state index in [1.165, 1.54) is 18.2 Å². The molecule has 0 aliphatic carbocycles. The van der Waals surface area contributed by atoms with Gasteiger partial charge in [-0.05, 0) is 48.5 Å². The minimum absolute atomic E-state index is 0.0880. The monoisotopic (exact) mass is 392 g/mol. The molecule has 5 heteroatoms. The van der Waals surface area contributed by atoms with Gasteiger partial charge in [-0.1, -0.05) is 60.7 Å². The largest absolute Gasteiger partial charge is 0.508 e. The number of rotatable bonds is 0. The Morgan fingerprint density at radius 3 is 0.655 bits per heavy atom. The van der Waals surface area contributed by atoms with Gasteiger partial charge in [-0.25, -0.2) is 0 Å². The molecule has 4 aromatic carbocycles. The highest BCUT2D eigenvalue weighted by Gasteiger charge is 1.85. The Bertz CT molecular complexity index is 791. The number of phenols is 5. The van der Waals surface area contributed by atoms with Crippen LogP contribution in [0.25, 0.3) is 0 Å². The van der Waals surface area contributed by atoms with Crippen LogP contribution in [0.2, 0.25) is 0 Å². The molecule has 0 heterocycles. The number of para-hydroxylation sites is 3. The van der Waals surface area contributed by atoms with E-state index >= 15 is 0 Å². The lowest BCUT2D eigenvalue weighted by Gasteiger charge is -1.89. The lowest BCUT2D eigenvalue weighted by Crippen LogP contribution is -1.61. The van der Waals surface area contributed by atoms with Gasteiger partial charge in [0.1, 0.15) is 28.7 Å². The summed E-state index contributed by atoms with van der Waals surface area (Å²) in [5, 5.41) is 43.2. The smallest absolute Gasteiger partial charge is 0.119 e. The molecule has 29 heavy (non-hydrogen) atoms. The van der Waals surface area contributed by atoms with Crippen molar-refractivity contribution < 1.29 is 25.5 Å². The second-order valence-electron chi connectivity index (χ2n) is 5.53. The first-order valence-corrected chi connectivity index (χ1v) is 8.67. The van der Waals surface area contributed by atoms with Crippen LogP contribution in [-0.2, 0) is 0 Å². The summed E-state index contributed by atoms with van der Waals surface area (Å²) >= 11 is 0. The van der Waals surface area contributed by atoms with Gasteiger partial charge >= 0.3 is 0 Å². The molecule has 0 atom stereocenters. The summed E-state index contributed by atoms with van der Waals surface area (Å²) in [5.41, 5.74) is 0. The Balaban J connectivity index is 0.000000194. The molecular formula is C24H24O5. The fourth-order valence-electron chi connectivity index (χ4n) is 1.78. The maximum atomic E-state index is 8.65. The lowest BCUT2D eigenvalue weighted by molar-refractivity contribution is 0.450. The molecule has 0 aliphatic rings. The van der Waals surface area contributed by atoms with E-state index in [1.54, 1.807) is 78.9 Å². The van der Waals surface area contributed by atoms with Crippen molar-refractivity contribution in [1.82, 2.24) is 0 Å².